The molecule has 68 valence electrons. The fourth-order valence-corrected chi connectivity index (χ4v) is 2.58. The van der Waals surface area contributed by atoms with Gasteiger partial charge in [-0.25, -0.2) is 17.9 Å². The van der Waals surface area contributed by atoms with E-state index in [4.69, 9.17) is 5.14 Å². The second-order valence-electron chi connectivity index (χ2n) is 2.25. The molecule has 0 aliphatic heterocycles. The lowest BCUT2D eigenvalue weighted by atomic mass is 10.4. The van der Waals surface area contributed by atoms with Gasteiger partial charge in [0.05, 0.1) is 0 Å². The molecule has 0 saturated heterocycles. The number of hydrogen-bond donors (Lipinski definition) is 1. The third-order valence-corrected chi connectivity index (χ3v) is 4.02. The molecule has 0 fully saturated rings. The lowest BCUT2D eigenvalue weighted by Crippen LogP contribution is -2.11. The molecule has 0 amide bonds. The van der Waals surface area contributed by atoms with Crippen LogP contribution in [0.3, 0.4) is 0 Å². The van der Waals surface area contributed by atoms with E-state index in [-0.39, 0.29) is 4.21 Å². The van der Waals surface area contributed by atoms with Crippen LogP contribution < -0.4 is 5.14 Å². The Kier molecular flexibility index (Phi) is 2.50. The second kappa shape index (κ2) is 3.12. The van der Waals surface area contributed by atoms with E-state index >= 15 is 0 Å². The zero-order valence-corrected chi connectivity index (χ0v) is 8.01. The molecule has 6 heteroatoms. The molecule has 1 aromatic heterocycles. The molecular weight excluding hydrogens is 201 g/mol. The van der Waals surface area contributed by atoms with Gasteiger partial charge in [0.2, 0.25) is 0 Å². The fourth-order valence-electron chi connectivity index (χ4n) is 0.766. The van der Waals surface area contributed by atoms with Gasteiger partial charge < -0.3 is 0 Å². The highest BCUT2D eigenvalue weighted by Crippen LogP contribution is 2.24. The second-order valence-corrected chi connectivity index (χ2v) is 5.14. The smallest absolute Gasteiger partial charge is 0.224 e. The Morgan fingerprint density at radius 1 is 1.67 bits per heavy atom. The van der Waals surface area contributed by atoms with Crippen molar-refractivity contribution in [3.63, 3.8) is 0 Å². The minimum absolute atomic E-state index is 0.376. The van der Waals surface area contributed by atoms with E-state index in [2.05, 4.69) is 0 Å². The van der Waals surface area contributed by atoms with Crippen LogP contribution in [0.15, 0.2) is 10.3 Å². The minimum atomic E-state index is -3.88. The molecule has 12 heavy (non-hydrogen) atoms. The fraction of sp³-hybridized carbons (Fsp3) is 0.333. The monoisotopic (exact) mass is 209 g/mol. The Labute approximate surface area is 74.1 Å². The highest BCUT2D eigenvalue weighted by atomic mass is 32.2. The van der Waals surface area contributed by atoms with Crippen molar-refractivity contribution in [1.29, 1.82) is 0 Å². The summed E-state index contributed by atoms with van der Waals surface area (Å²) in [5.41, 5.74) is 0. The first-order valence-corrected chi connectivity index (χ1v) is 5.62. The predicted molar refractivity (Wildman–Crippen MR) is 45.0 cm³/mol. The molecule has 0 aliphatic carbocycles. The molecule has 0 unspecified atom stereocenters. The summed E-state index contributed by atoms with van der Waals surface area (Å²) in [7, 11) is -3.88. The summed E-state index contributed by atoms with van der Waals surface area (Å²) in [6.45, 7) is 1.82. The molecule has 0 aromatic carbocycles. The molecule has 1 heterocycles. The van der Waals surface area contributed by atoms with Gasteiger partial charge in [-0.05, 0) is 12.5 Å². The topological polar surface area (TPSA) is 60.2 Å². The van der Waals surface area contributed by atoms with Gasteiger partial charge in [0.25, 0.3) is 10.0 Å². The molecule has 0 aliphatic rings. The minimum Gasteiger partial charge on any atom is -0.224 e. The van der Waals surface area contributed by atoms with E-state index in [1.807, 2.05) is 6.92 Å². The Bertz CT molecular complexity index is 382. The van der Waals surface area contributed by atoms with Crippen molar-refractivity contribution in [3.05, 3.63) is 16.8 Å². The van der Waals surface area contributed by atoms with Crippen molar-refractivity contribution in [2.45, 2.75) is 17.6 Å². The van der Waals surface area contributed by atoms with Gasteiger partial charge in [0.15, 0.2) is 10.0 Å². The lowest BCUT2D eigenvalue weighted by Gasteiger charge is -1.90. The maximum Gasteiger partial charge on any atom is 0.250 e. The third-order valence-electron chi connectivity index (χ3n) is 1.31. The van der Waals surface area contributed by atoms with Crippen molar-refractivity contribution >= 4 is 21.4 Å². The molecule has 1 aromatic rings. The van der Waals surface area contributed by atoms with Crippen LogP contribution in [0.2, 0.25) is 0 Å². The van der Waals surface area contributed by atoms with Crippen molar-refractivity contribution in [3.8, 4) is 0 Å². The van der Waals surface area contributed by atoms with E-state index in [9.17, 15) is 12.8 Å². The number of nitrogens with two attached hydrogens (primary N) is 1. The van der Waals surface area contributed by atoms with Gasteiger partial charge in [-0.2, -0.15) is 0 Å². The van der Waals surface area contributed by atoms with Gasteiger partial charge in [-0.3, -0.25) is 0 Å². The van der Waals surface area contributed by atoms with E-state index < -0.39 is 15.8 Å². The molecule has 0 radical (unpaired) electrons. The molecule has 0 atom stereocenters. The molecule has 0 spiro atoms. The van der Waals surface area contributed by atoms with Gasteiger partial charge >= 0.3 is 0 Å². The van der Waals surface area contributed by atoms with Crippen molar-refractivity contribution in [2.24, 2.45) is 5.14 Å². The summed E-state index contributed by atoms with van der Waals surface area (Å²) in [6, 6.07) is 1.20. The zero-order chi connectivity index (χ0) is 9.35. The summed E-state index contributed by atoms with van der Waals surface area (Å²) in [4.78, 5) is 0.677. The van der Waals surface area contributed by atoms with E-state index in [1.54, 1.807) is 0 Å². The maximum atomic E-state index is 12.8. The number of primary sulfonamides is 1. The van der Waals surface area contributed by atoms with Crippen molar-refractivity contribution in [2.75, 3.05) is 0 Å². The van der Waals surface area contributed by atoms with Crippen LogP contribution in [0.1, 0.15) is 11.8 Å². The summed E-state index contributed by atoms with van der Waals surface area (Å²) in [5.74, 6) is -0.751. The first-order chi connectivity index (χ1) is 5.45. The van der Waals surface area contributed by atoms with Crippen LogP contribution in [-0.2, 0) is 16.4 Å². The Hall–Kier alpha value is -0.460. The van der Waals surface area contributed by atoms with E-state index in [0.717, 1.165) is 11.3 Å². The Balaban J connectivity index is 3.27. The zero-order valence-electron chi connectivity index (χ0n) is 6.37. The summed E-state index contributed by atoms with van der Waals surface area (Å²) >= 11 is 0.878. The molecular formula is C6H8FNO2S2. The van der Waals surface area contributed by atoms with Crippen LogP contribution >= 0.6 is 11.3 Å². The molecule has 2 N–H and O–H groups in total. The van der Waals surface area contributed by atoms with E-state index in [1.165, 1.54) is 6.07 Å². The third kappa shape index (κ3) is 1.82. The van der Waals surface area contributed by atoms with Crippen LogP contribution in [0.4, 0.5) is 4.39 Å². The molecule has 0 saturated carbocycles. The lowest BCUT2D eigenvalue weighted by molar-refractivity contribution is 0.576. The summed E-state index contributed by atoms with van der Waals surface area (Å²) in [6.07, 6.45) is 0.608. The van der Waals surface area contributed by atoms with Gasteiger partial charge in [-0.15, -0.1) is 11.3 Å². The number of halogens is 1. The van der Waals surface area contributed by atoms with Crippen LogP contribution in [0, 0.1) is 5.82 Å². The van der Waals surface area contributed by atoms with Gasteiger partial charge in [0, 0.05) is 4.88 Å². The molecule has 3 nitrogen and oxygen atoms in total. The van der Waals surface area contributed by atoms with Crippen LogP contribution in [0.25, 0.3) is 0 Å². The molecule has 1 rings (SSSR count). The normalized spacial score (nSPS) is 11.9. The summed E-state index contributed by atoms with van der Waals surface area (Å²) < 4.78 is 33.9. The largest absolute Gasteiger partial charge is 0.250 e. The number of aryl methyl sites for hydroxylation is 1. The highest BCUT2D eigenvalue weighted by molar-refractivity contribution is 7.91. The standard InChI is InChI=1S/C6H8FNO2S2/c1-2-4-3-5(7)6(11-4)12(8,9)10/h3H,2H2,1H3,(H2,8,9,10). The van der Waals surface area contributed by atoms with Crippen molar-refractivity contribution in [1.82, 2.24) is 0 Å². The number of hydrogen-bond acceptors (Lipinski definition) is 3. The van der Waals surface area contributed by atoms with Crippen LogP contribution in [0.5, 0.6) is 0 Å². The highest BCUT2D eigenvalue weighted by Gasteiger charge is 2.17. The Morgan fingerprint density at radius 2 is 2.25 bits per heavy atom. The van der Waals surface area contributed by atoms with E-state index in [0.29, 0.717) is 11.3 Å². The average Bonchev–Trinajstić information content (AvgIpc) is 2.29. The maximum absolute atomic E-state index is 12.8. The SMILES string of the molecule is CCc1cc(F)c(S(N)(=O)=O)s1. The first kappa shape index (κ1) is 9.63. The number of sulfonamides is 1. The van der Waals surface area contributed by atoms with Gasteiger partial charge in [0.1, 0.15) is 0 Å². The first-order valence-electron chi connectivity index (χ1n) is 3.26. The Morgan fingerprint density at radius 3 is 2.50 bits per heavy atom. The average molecular weight is 209 g/mol. The quantitative estimate of drug-likeness (QED) is 0.792. The summed E-state index contributed by atoms with van der Waals surface area (Å²) in [5, 5.41) is 4.77. The van der Waals surface area contributed by atoms with Gasteiger partial charge in [-0.1, -0.05) is 6.92 Å². The van der Waals surface area contributed by atoms with Crippen LogP contribution in [-0.4, -0.2) is 8.42 Å². The predicted octanol–water partition coefficient (Wildman–Crippen LogP) is 1.10. The molecule has 0 bridgehead atoms. The number of thiophene rings is 1. The number of rotatable bonds is 2. The van der Waals surface area contributed by atoms with Crippen molar-refractivity contribution < 1.29 is 12.8 Å².